The van der Waals surface area contributed by atoms with Crippen LogP contribution in [0.4, 0.5) is 0 Å². The molecule has 1 rings (SSSR count). The number of azide groups is 1. The zero-order valence-corrected chi connectivity index (χ0v) is 14.0. The van der Waals surface area contributed by atoms with E-state index < -0.39 is 18.8 Å². The highest BCUT2D eigenvalue weighted by Gasteiger charge is 2.10. The number of hydrogen-bond donors (Lipinski definition) is 3. The van der Waals surface area contributed by atoms with Crippen LogP contribution in [0.15, 0.2) is 29.4 Å². The Bertz CT molecular complexity index is 635. The summed E-state index contributed by atoms with van der Waals surface area (Å²) in [5, 5.41) is 14.5. The van der Waals surface area contributed by atoms with Crippen molar-refractivity contribution < 1.29 is 28.9 Å². The van der Waals surface area contributed by atoms with Gasteiger partial charge in [0, 0.05) is 23.6 Å². The lowest BCUT2D eigenvalue weighted by Crippen LogP contribution is -2.29. The number of aliphatic carboxylic acids is 1. The van der Waals surface area contributed by atoms with Gasteiger partial charge in [-0.1, -0.05) is 11.2 Å². The Kier molecular flexibility index (Phi) is 10.2. The highest BCUT2D eigenvalue weighted by molar-refractivity contribution is 5.94. The molecule has 4 N–H and O–H groups in total. The Morgan fingerprint density at radius 3 is 2.88 bits per heavy atom. The van der Waals surface area contributed by atoms with Crippen LogP contribution in [0.3, 0.4) is 0 Å². The molecule has 0 aromatic heterocycles. The second-order valence-corrected chi connectivity index (χ2v) is 4.86. The SMILES string of the molecule is [N-]=[N+]=NC(COc1cccc(C(=O)NCCN)c1)OCCOCC(=O)O. The Morgan fingerprint density at radius 1 is 1.38 bits per heavy atom. The number of nitrogens with one attached hydrogen (secondary N) is 1. The van der Waals surface area contributed by atoms with E-state index in [9.17, 15) is 9.59 Å². The van der Waals surface area contributed by atoms with Crippen LogP contribution < -0.4 is 15.8 Å². The fraction of sp³-hybridized carbons (Fsp3) is 0.467. The number of carboxylic acids is 1. The van der Waals surface area contributed by atoms with Crippen LogP contribution in [0, 0.1) is 0 Å². The Labute approximate surface area is 149 Å². The molecular formula is C15H21N5O6. The standard InChI is InChI=1S/C15H21N5O6/c16-4-5-18-15(23)11-2-1-3-12(8-11)26-9-13(19-20-17)25-7-6-24-10-14(21)22/h1-3,8,13H,4-7,9-10,16H2,(H,18,23)(H,21,22). The molecule has 142 valence electrons. The lowest BCUT2D eigenvalue weighted by molar-refractivity contribution is -0.143. The minimum absolute atomic E-state index is 0.0283. The molecule has 11 heteroatoms. The molecule has 1 aromatic rings. The van der Waals surface area contributed by atoms with Crippen molar-refractivity contribution in [1.82, 2.24) is 5.32 Å². The first kappa shape index (κ1) is 21.2. The van der Waals surface area contributed by atoms with E-state index in [0.717, 1.165) is 0 Å². The van der Waals surface area contributed by atoms with Gasteiger partial charge in [0.05, 0.1) is 13.2 Å². The first-order chi connectivity index (χ1) is 12.6. The van der Waals surface area contributed by atoms with E-state index in [-0.39, 0.29) is 25.7 Å². The van der Waals surface area contributed by atoms with Crippen molar-refractivity contribution in [3.8, 4) is 5.75 Å². The van der Waals surface area contributed by atoms with Crippen LogP contribution in [0.5, 0.6) is 5.75 Å². The van der Waals surface area contributed by atoms with E-state index in [4.69, 9.17) is 30.6 Å². The van der Waals surface area contributed by atoms with Crippen molar-refractivity contribution in [3.63, 3.8) is 0 Å². The minimum atomic E-state index is -1.09. The van der Waals surface area contributed by atoms with E-state index in [1.807, 2.05) is 0 Å². The molecular weight excluding hydrogens is 346 g/mol. The third kappa shape index (κ3) is 8.85. The second kappa shape index (κ2) is 12.5. The summed E-state index contributed by atoms with van der Waals surface area (Å²) in [6.07, 6.45) is -0.928. The number of ether oxygens (including phenoxy) is 3. The van der Waals surface area contributed by atoms with Crippen molar-refractivity contribution >= 4 is 11.9 Å². The highest BCUT2D eigenvalue weighted by atomic mass is 16.6. The molecule has 1 amide bonds. The van der Waals surface area contributed by atoms with Crippen molar-refractivity contribution in [2.75, 3.05) is 39.5 Å². The summed E-state index contributed by atoms with van der Waals surface area (Å²) >= 11 is 0. The van der Waals surface area contributed by atoms with Gasteiger partial charge in [0.25, 0.3) is 5.91 Å². The molecule has 1 unspecified atom stereocenters. The van der Waals surface area contributed by atoms with Gasteiger partial charge in [0.15, 0.2) is 6.23 Å². The summed E-state index contributed by atoms with van der Waals surface area (Å²) in [7, 11) is 0. The molecule has 11 nitrogen and oxygen atoms in total. The normalized spacial score (nSPS) is 11.3. The Balaban J connectivity index is 2.48. The number of carbonyl (C=O) groups excluding carboxylic acids is 1. The molecule has 0 fully saturated rings. The van der Waals surface area contributed by atoms with Crippen LogP contribution in [0.1, 0.15) is 10.4 Å². The van der Waals surface area contributed by atoms with E-state index >= 15 is 0 Å². The fourth-order valence-corrected chi connectivity index (χ4v) is 1.76. The molecule has 0 saturated heterocycles. The summed E-state index contributed by atoms with van der Waals surface area (Å²) < 4.78 is 15.5. The number of nitrogens with two attached hydrogens (primary N) is 1. The molecule has 1 atom stereocenters. The summed E-state index contributed by atoms with van der Waals surface area (Å²) in [5.74, 6) is -0.969. The van der Waals surface area contributed by atoms with Crippen LogP contribution in [-0.2, 0) is 14.3 Å². The first-order valence-electron chi connectivity index (χ1n) is 7.73. The molecule has 0 aliphatic carbocycles. The van der Waals surface area contributed by atoms with Gasteiger partial charge >= 0.3 is 5.97 Å². The van der Waals surface area contributed by atoms with E-state index in [1.54, 1.807) is 18.2 Å². The third-order valence-corrected chi connectivity index (χ3v) is 2.86. The van der Waals surface area contributed by atoms with E-state index in [0.29, 0.717) is 24.4 Å². The largest absolute Gasteiger partial charge is 0.491 e. The van der Waals surface area contributed by atoms with Crippen LogP contribution in [-0.4, -0.2) is 62.7 Å². The van der Waals surface area contributed by atoms with E-state index in [2.05, 4.69) is 15.3 Å². The number of carbonyl (C=O) groups is 2. The van der Waals surface area contributed by atoms with Gasteiger partial charge in [-0.05, 0) is 23.7 Å². The summed E-state index contributed by atoms with van der Waals surface area (Å²) in [6, 6.07) is 6.45. The van der Waals surface area contributed by atoms with Gasteiger partial charge in [0.1, 0.15) is 19.0 Å². The second-order valence-electron chi connectivity index (χ2n) is 4.86. The predicted molar refractivity (Wildman–Crippen MR) is 90.7 cm³/mol. The molecule has 0 radical (unpaired) electrons. The lowest BCUT2D eigenvalue weighted by Gasteiger charge is -2.14. The van der Waals surface area contributed by atoms with Gasteiger partial charge in [-0.3, -0.25) is 4.79 Å². The average Bonchev–Trinajstić information content (AvgIpc) is 2.63. The maximum Gasteiger partial charge on any atom is 0.329 e. The average molecular weight is 367 g/mol. The number of amides is 1. The van der Waals surface area contributed by atoms with Crippen LogP contribution in [0.2, 0.25) is 0 Å². The molecule has 0 heterocycles. The smallest absolute Gasteiger partial charge is 0.329 e. The summed E-state index contributed by atoms with van der Waals surface area (Å²) in [4.78, 5) is 24.8. The fourth-order valence-electron chi connectivity index (χ4n) is 1.76. The number of rotatable bonds is 13. The third-order valence-electron chi connectivity index (χ3n) is 2.86. The molecule has 26 heavy (non-hydrogen) atoms. The molecule has 0 saturated carbocycles. The van der Waals surface area contributed by atoms with Crippen LogP contribution >= 0.6 is 0 Å². The van der Waals surface area contributed by atoms with E-state index in [1.165, 1.54) is 6.07 Å². The van der Waals surface area contributed by atoms with Gasteiger partial charge < -0.3 is 30.4 Å². The molecule has 0 spiro atoms. The number of benzene rings is 1. The van der Waals surface area contributed by atoms with Gasteiger partial charge in [-0.2, -0.15) is 0 Å². The van der Waals surface area contributed by atoms with Crippen molar-refractivity contribution in [1.29, 1.82) is 0 Å². The molecule has 1 aromatic carbocycles. The highest BCUT2D eigenvalue weighted by Crippen LogP contribution is 2.14. The predicted octanol–water partition coefficient (Wildman–Crippen LogP) is 0.508. The topological polar surface area (TPSA) is 169 Å². The summed E-state index contributed by atoms with van der Waals surface area (Å²) in [5.41, 5.74) is 14.3. The maximum atomic E-state index is 11.9. The Hall–Kier alpha value is -2.85. The maximum absolute atomic E-state index is 11.9. The Morgan fingerprint density at radius 2 is 2.19 bits per heavy atom. The zero-order chi connectivity index (χ0) is 19.2. The van der Waals surface area contributed by atoms with Crippen molar-refractivity contribution in [2.45, 2.75) is 6.23 Å². The number of nitrogens with zero attached hydrogens (tertiary/aromatic N) is 3. The van der Waals surface area contributed by atoms with Gasteiger partial charge in [0.2, 0.25) is 0 Å². The quantitative estimate of drug-likeness (QED) is 0.197. The molecule has 0 aliphatic heterocycles. The molecule has 0 bridgehead atoms. The van der Waals surface area contributed by atoms with Crippen molar-refractivity contribution in [3.05, 3.63) is 40.3 Å². The lowest BCUT2D eigenvalue weighted by atomic mass is 10.2. The van der Waals surface area contributed by atoms with Crippen LogP contribution in [0.25, 0.3) is 10.4 Å². The molecule has 0 aliphatic rings. The number of hydrogen-bond acceptors (Lipinski definition) is 7. The zero-order valence-electron chi connectivity index (χ0n) is 14.0. The van der Waals surface area contributed by atoms with Gasteiger partial charge in [-0.15, -0.1) is 0 Å². The minimum Gasteiger partial charge on any atom is -0.491 e. The monoisotopic (exact) mass is 367 g/mol. The van der Waals surface area contributed by atoms with Gasteiger partial charge in [-0.25, -0.2) is 4.79 Å². The number of carboxylic acid groups (broad SMARTS) is 1. The summed E-state index contributed by atoms with van der Waals surface area (Å²) in [6.45, 7) is 0.230. The van der Waals surface area contributed by atoms with Crippen molar-refractivity contribution in [2.24, 2.45) is 10.8 Å². The first-order valence-corrected chi connectivity index (χ1v) is 7.73.